The molecule has 5 heteroatoms. The standard InChI is InChI=1S/C5H4Cl2N2O/c6-3-1-2-10-5(7)4(3)9-8/h1-2,5,8H. The Morgan fingerprint density at radius 1 is 1.70 bits per heavy atom. The van der Waals surface area contributed by atoms with E-state index in [9.17, 15) is 0 Å². The van der Waals surface area contributed by atoms with Gasteiger partial charge in [-0.05, 0) is 6.08 Å². The second-order valence-electron chi connectivity index (χ2n) is 1.60. The van der Waals surface area contributed by atoms with Gasteiger partial charge in [0, 0.05) is 0 Å². The molecule has 0 fully saturated rings. The number of rotatable bonds is 1. The molecule has 0 saturated carbocycles. The molecule has 54 valence electrons. The number of nitrogens with zero attached hydrogens (tertiary/aromatic N) is 1. The Labute approximate surface area is 67.8 Å². The summed E-state index contributed by atoms with van der Waals surface area (Å²) in [6.45, 7) is 0. The summed E-state index contributed by atoms with van der Waals surface area (Å²) in [5, 5.41) is 3.45. The van der Waals surface area contributed by atoms with Gasteiger partial charge >= 0.3 is 0 Å². The highest BCUT2D eigenvalue weighted by molar-refractivity contribution is 6.33. The van der Waals surface area contributed by atoms with Crippen LogP contribution in [0, 0.1) is 5.53 Å². The van der Waals surface area contributed by atoms with Crippen molar-refractivity contribution in [2.45, 2.75) is 5.56 Å². The maximum atomic E-state index is 6.64. The first-order valence-electron chi connectivity index (χ1n) is 2.49. The summed E-state index contributed by atoms with van der Waals surface area (Å²) in [5.74, 6) is 0. The summed E-state index contributed by atoms with van der Waals surface area (Å²) in [7, 11) is 0. The number of hydrogen-bond donors (Lipinski definition) is 1. The molecule has 0 amide bonds. The number of alkyl halides is 1. The first kappa shape index (κ1) is 7.57. The second kappa shape index (κ2) is 3.03. The summed E-state index contributed by atoms with van der Waals surface area (Å²) in [6.07, 6.45) is 2.86. The summed E-state index contributed by atoms with van der Waals surface area (Å²) in [4.78, 5) is 0. The fraction of sp³-hybridized carbons (Fsp3) is 0.200. The Hall–Kier alpha value is -0.540. The van der Waals surface area contributed by atoms with E-state index >= 15 is 0 Å². The van der Waals surface area contributed by atoms with Crippen LogP contribution in [0.3, 0.4) is 0 Å². The van der Waals surface area contributed by atoms with Crippen molar-refractivity contribution in [3.8, 4) is 0 Å². The highest BCUT2D eigenvalue weighted by atomic mass is 35.5. The lowest BCUT2D eigenvalue weighted by molar-refractivity contribution is 0.237. The third kappa shape index (κ3) is 1.30. The Kier molecular flexibility index (Phi) is 2.29. The Morgan fingerprint density at radius 2 is 2.40 bits per heavy atom. The zero-order valence-corrected chi connectivity index (χ0v) is 6.36. The van der Waals surface area contributed by atoms with E-state index < -0.39 is 5.56 Å². The SMILES string of the molecule is N=NC1=C(Cl)C=COC1Cl. The summed E-state index contributed by atoms with van der Waals surface area (Å²) in [5.41, 5.74) is 6.16. The molecule has 0 bridgehead atoms. The number of halogens is 2. The molecule has 0 aliphatic carbocycles. The van der Waals surface area contributed by atoms with E-state index in [-0.39, 0.29) is 5.70 Å². The van der Waals surface area contributed by atoms with Crippen molar-refractivity contribution in [2.24, 2.45) is 5.11 Å². The van der Waals surface area contributed by atoms with Gasteiger partial charge in [0.2, 0.25) is 5.56 Å². The van der Waals surface area contributed by atoms with Crippen molar-refractivity contribution in [1.82, 2.24) is 0 Å². The van der Waals surface area contributed by atoms with Gasteiger partial charge < -0.3 is 4.74 Å². The topological polar surface area (TPSA) is 45.4 Å². The normalized spacial score (nSPS) is 24.4. The van der Waals surface area contributed by atoms with Gasteiger partial charge in [-0.25, -0.2) is 5.53 Å². The van der Waals surface area contributed by atoms with Crippen molar-refractivity contribution in [2.75, 3.05) is 0 Å². The molecule has 0 spiro atoms. The third-order valence-corrected chi connectivity index (χ3v) is 1.62. The lowest BCUT2D eigenvalue weighted by Crippen LogP contribution is -2.07. The molecule has 1 unspecified atom stereocenters. The average Bonchev–Trinajstić information content (AvgIpc) is 1.88. The molecule has 1 rings (SSSR count). The molecular formula is C5H4Cl2N2O. The van der Waals surface area contributed by atoms with Crippen LogP contribution >= 0.6 is 23.2 Å². The average molecular weight is 179 g/mol. The van der Waals surface area contributed by atoms with Crippen LogP contribution in [0.4, 0.5) is 0 Å². The van der Waals surface area contributed by atoms with E-state index in [0.29, 0.717) is 5.03 Å². The fourth-order valence-corrected chi connectivity index (χ4v) is 1.00. The fourth-order valence-electron chi connectivity index (χ4n) is 0.530. The van der Waals surface area contributed by atoms with Crippen molar-refractivity contribution >= 4 is 23.2 Å². The molecule has 0 saturated heterocycles. The first-order valence-corrected chi connectivity index (χ1v) is 3.30. The van der Waals surface area contributed by atoms with Gasteiger partial charge in [-0.3, -0.25) is 0 Å². The highest BCUT2D eigenvalue weighted by Gasteiger charge is 2.17. The van der Waals surface area contributed by atoms with Crippen molar-refractivity contribution in [3.63, 3.8) is 0 Å². The molecule has 0 radical (unpaired) electrons. The Morgan fingerprint density at radius 3 is 2.80 bits per heavy atom. The quantitative estimate of drug-likeness (QED) is 0.487. The molecule has 1 N–H and O–H groups in total. The molecule has 0 aromatic heterocycles. The lowest BCUT2D eigenvalue weighted by Gasteiger charge is -2.12. The van der Waals surface area contributed by atoms with Crippen LogP contribution in [-0.4, -0.2) is 5.56 Å². The van der Waals surface area contributed by atoms with Gasteiger partial charge in [-0.1, -0.05) is 23.2 Å². The van der Waals surface area contributed by atoms with Crippen molar-refractivity contribution in [3.05, 3.63) is 23.1 Å². The largest absolute Gasteiger partial charge is 0.476 e. The van der Waals surface area contributed by atoms with Crippen LogP contribution in [0.2, 0.25) is 0 Å². The van der Waals surface area contributed by atoms with Crippen LogP contribution < -0.4 is 0 Å². The number of hydrogen-bond acceptors (Lipinski definition) is 3. The third-order valence-electron chi connectivity index (χ3n) is 0.993. The minimum atomic E-state index is -0.727. The van der Waals surface area contributed by atoms with Crippen LogP contribution in [0.15, 0.2) is 28.2 Å². The second-order valence-corrected chi connectivity index (χ2v) is 2.40. The van der Waals surface area contributed by atoms with E-state index in [0.717, 1.165) is 0 Å². The molecule has 1 heterocycles. The van der Waals surface area contributed by atoms with Crippen molar-refractivity contribution < 1.29 is 4.74 Å². The maximum Gasteiger partial charge on any atom is 0.216 e. The zero-order chi connectivity index (χ0) is 7.56. The van der Waals surface area contributed by atoms with E-state index in [1.54, 1.807) is 0 Å². The number of nitrogens with one attached hydrogen (secondary N) is 1. The van der Waals surface area contributed by atoms with Gasteiger partial charge in [0.25, 0.3) is 0 Å². The van der Waals surface area contributed by atoms with E-state index in [1.807, 2.05) is 0 Å². The molecule has 1 atom stereocenters. The van der Waals surface area contributed by atoms with E-state index in [2.05, 4.69) is 5.11 Å². The van der Waals surface area contributed by atoms with E-state index in [1.165, 1.54) is 12.3 Å². The van der Waals surface area contributed by atoms with Gasteiger partial charge in [-0.15, -0.1) is 0 Å². The minimum Gasteiger partial charge on any atom is -0.476 e. The van der Waals surface area contributed by atoms with Gasteiger partial charge in [0.15, 0.2) is 0 Å². The van der Waals surface area contributed by atoms with Gasteiger partial charge in [-0.2, -0.15) is 5.11 Å². The first-order chi connectivity index (χ1) is 4.75. The summed E-state index contributed by atoms with van der Waals surface area (Å²) >= 11 is 11.1. The van der Waals surface area contributed by atoms with Crippen LogP contribution in [-0.2, 0) is 4.74 Å². The lowest BCUT2D eigenvalue weighted by atomic mass is 10.4. The predicted octanol–water partition coefficient (Wildman–Crippen LogP) is 2.58. The van der Waals surface area contributed by atoms with Crippen LogP contribution in [0.5, 0.6) is 0 Å². The van der Waals surface area contributed by atoms with Gasteiger partial charge in [0.05, 0.1) is 11.3 Å². The Bertz CT molecular complexity index is 212. The molecule has 10 heavy (non-hydrogen) atoms. The molecular weight excluding hydrogens is 175 g/mol. The van der Waals surface area contributed by atoms with Crippen molar-refractivity contribution in [1.29, 1.82) is 5.53 Å². The smallest absolute Gasteiger partial charge is 0.216 e. The van der Waals surface area contributed by atoms with Crippen LogP contribution in [0.25, 0.3) is 0 Å². The zero-order valence-electron chi connectivity index (χ0n) is 4.84. The maximum absolute atomic E-state index is 6.64. The monoisotopic (exact) mass is 178 g/mol. The molecule has 3 nitrogen and oxygen atoms in total. The molecule has 1 aliphatic heterocycles. The molecule has 0 aromatic rings. The van der Waals surface area contributed by atoms with Crippen LogP contribution in [0.1, 0.15) is 0 Å². The minimum absolute atomic E-state index is 0.242. The summed E-state index contributed by atoms with van der Waals surface area (Å²) in [6, 6.07) is 0. The number of allylic oxidation sites excluding steroid dienone is 2. The Balaban J connectivity index is 2.94. The number of ether oxygens (including phenoxy) is 1. The summed E-state index contributed by atoms with van der Waals surface area (Å²) < 4.78 is 4.78. The molecule has 0 aromatic carbocycles. The molecule has 1 aliphatic rings. The van der Waals surface area contributed by atoms with Gasteiger partial charge in [0.1, 0.15) is 5.70 Å². The highest BCUT2D eigenvalue weighted by Crippen LogP contribution is 2.24. The van der Waals surface area contributed by atoms with E-state index in [4.69, 9.17) is 33.5 Å². The predicted molar refractivity (Wildman–Crippen MR) is 37.9 cm³/mol.